The fraction of sp³-hybridized carbons (Fsp3) is 0.429. The summed E-state index contributed by atoms with van der Waals surface area (Å²) >= 11 is 6.33. The van der Waals surface area contributed by atoms with E-state index in [1.807, 2.05) is 0 Å². The maximum atomic E-state index is 15.6. The van der Waals surface area contributed by atoms with Crippen molar-refractivity contribution in [3.05, 3.63) is 70.4 Å². The van der Waals surface area contributed by atoms with Crippen molar-refractivity contribution in [2.75, 3.05) is 26.7 Å². The number of rotatable bonds is 10. The summed E-state index contributed by atoms with van der Waals surface area (Å²) in [7, 11) is 1.52. The molecule has 1 saturated heterocycles. The molecule has 0 amide bonds. The summed E-state index contributed by atoms with van der Waals surface area (Å²) in [6.45, 7) is 1.74. The smallest absolute Gasteiger partial charge is 0.309 e. The number of pyridine rings is 1. The van der Waals surface area contributed by atoms with Crippen molar-refractivity contribution >= 4 is 28.5 Å². The number of carbonyl (C=O) groups is 1. The van der Waals surface area contributed by atoms with Gasteiger partial charge in [-0.3, -0.25) is 9.78 Å². The number of aliphatic carboxylic acids is 1. The lowest BCUT2D eigenvalue weighted by Crippen LogP contribution is -2.44. The predicted octanol–water partition coefficient (Wildman–Crippen LogP) is 6.77. The van der Waals surface area contributed by atoms with E-state index in [9.17, 15) is 18.7 Å². The van der Waals surface area contributed by atoms with E-state index in [-0.39, 0.29) is 17.9 Å². The second-order valence-electron chi connectivity index (χ2n) is 9.65. The Bertz CT molecular complexity index is 1260. The molecule has 9 heteroatoms. The largest absolute Gasteiger partial charge is 0.497 e. The molecule has 1 N–H and O–H groups in total. The van der Waals surface area contributed by atoms with E-state index in [4.69, 9.17) is 16.3 Å². The quantitative estimate of drug-likeness (QED) is 0.311. The highest BCUT2D eigenvalue weighted by Crippen LogP contribution is 2.42. The van der Waals surface area contributed by atoms with Gasteiger partial charge in [0.05, 0.1) is 23.1 Å². The summed E-state index contributed by atoms with van der Waals surface area (Å²) in [5, 5.41) is 10.8. The lowest BCUT2D eigenvalue weighted by Gasteiger charge is -2.39. The first-order valence-corrected chi connectivity index (χ1v) is 12.8. The summed E-state index contributed by atoms with van der Waals surface area (Å²) in [5.41, 5.74) is 0.198. The molecule has 4 rings (SSSR count). The summed E-state index contributed by atoms with van der Waals surface area (Å²) in [6.07, 6.45) is 1.96. The van der Waals surface area contributed by atoms with Crippen LogP contribution in [0.1, 0.15) is 49.4 Å². The van der Waals surface area contributed by atoms with Crippen LogP contribution in [0.15, 0.2) is 42.6 Å². The zero-order valence-electron chi connectivity index (χ0n) is 20.7. The summed E-state index contributed by atoms with van der Waals surface area (Å²) in [6, 6.07) is 9.33. The zero-order valence-corrected chi connectivity index (χ0v) is 21.4. The van der Waals surface area contributed by atoms with Gasteiger partial charge in [0.25, 0.3) is 0 Å². The van der Waals surface area contributed by atoms with E-state index in [1.165, 1.54) is 19.4 Å². The minimum absolute atomic E-state index is 0.0151. The average molecular weight is 535 g/mol. The van der Waals surface area contributed by atoms with Gasteiger partial charge in [0.15, 0.2) is 11.6 Å². The molecule has 1 fully saturated rings. The lowest BCUT2D eigenvalue weighted by atomic mass is 9.74. The van der Waals surface area contributed by atoms with Crippen LogP contribution in [0.3, 0.4) is 0 Å². The third-order valence-electron chi connectivity index (χ3n) is 7.48. The highest BCUT2D eigenvalue weighted by molar-refractivity contribution is 6.32. The Balaban J connectivity index is 1.37. The van der Waals surface area contributed by atoms with Gasteiger partial charge in [-0.2, -0.15) is 0 Å². The molecule has 0 bridgehead atoms. The predicted molar refractivity (Wildman–Crippen MR) is 137 cm³/mol. The van der Waals surface area contributed by atoms with E-state index < -0.39 is 29.2 Å². The van der Waals surface area contributed by atoms with Crippen molar-refractivity contribution in [3.63, 3.8) is 0 Å². The van der Waals surface area contributed by atoms with Crippen LogP contribution in [0.2, 0.25) is 5.02 Å². The highest BCUT2D eigenvalue weighted by atomic mass is 35.5. The summed E-state index contributed by atoms with van der Waals surface area (Å²) < 4.78 is 48.2. The van der Waals surface area contributed by atoms with Gasteiger partial charge in [0, 0.05) is 17.1 Å². The normalized spacial score (nSPS) is 16.6. The van der Waals surface area contributed by atoms with Crippen LogP contribution in [0.5, 0.6) is 5.75 Å². The number of benzene rings is 2. The van der Waals surface area contributed by atoms with E-state index >= 15 is 4.39 Å². The third kappa shape index (κ3) is 6.02. The first-order chi connectivity index (χ1) is 17.7. The zero-order chi connectivity index (χ0) is 26.6. The summed E-state index contributed by atoms with van der Waals surface area (Å²) in [4.78, 5) is 18.7. The number of likely N-dealkylation sites (tertiary alicyclic amines) is 1. The van der Waals surface area contributed by atoms with Gasteiger partial charge in [0.1, 0.15) is 11.9 Å². The van der Waals surface area contributed by atoms with E-state index in [0.29, 0.717) is 73.1 Å². The van der Waals surface area contributed by atoms with Crippen molar-refractivity contribution in [1.82, 2.24) is 9.88 Å². The molecule has 1 atom stereocenters. The highest BCUT2D eigenvalue weighted by Gasteiger charge is 2.41. The Hall–Kier alpha value is -2.84. The van der Waals surface area contributed by atoms with Gasteiger partial charge in [-0.15, -0.1) is 0 Å². The fourth-order valence-electron chi connectivity index (χ4n) is 5.17. The molecule has 37 heavy (non-hydrogen) atoms. The Kier molecular flexibility index (Phi) is 8.60. The van der Waals surface area contributed by atoms with Crippen LogP contribution >= 0.6 is 11.6 Å². The number of aryl methyl sites for hydroxylation is 1. The van der Waals surface area contributed by atoms with Gasteiger partial charge in [0.2, 0.25) is 0 Å². The molecule has 198 valence electrons. The topological polar surface area (TPSA) is 62.7 Å². The number of alkyl halides is 1. The monoisotopic (exact) mass is 534 g/mol. The average Bonchev–Trinajstić information content (AvgIpc) is 2.90. The number of carboxylic acids is 1. The van der Waals surface area contributed by atoms with Crippen LogP contribution in [0.25, 0.3) is 10.9 Å². The number of halogens is 4. The fourth-order valence-corrected chi connectivity index (χ4v) is 5.44. The number of methoxy groups -OCH3 is 1. The Morgan fingerprint density at radius 1 is 1.24 bits per heavy atom. The molecule has 0 aliphatic carbocycles. The maximum Gasteiger partial charge on any atom is 0.309 e. The molecule has 1 aliphatic heterocycles. The molecule has 0 spiro atoms. The number of hydrogen-bond acceptors (Lipinski definition) is 4. The van der Waals surface area contributed by atoms with E-state index in [1.54, 1.807) is 24.3 Å². The van der Waals surface area contributed by atoms with E-state index in [0.717, 1.165) is 6.07 Å². The van der Waals surface area contributed by atoms with E-state index in [2.05, 4.69) is 9.88 Å². The minimum Gasteiger partial charge on any atom is -0.497 e. The van der Waals surface area contributed by atoms with Gasteiger partial charge in [-0.05, 0) is 88.0 Å². The molecule has 5 nitrogen and oxygen atoms in total. The van der Waals surface area contributed by atoms with Gasteiger partial charge in [-0.25, -0.2) is 13.2 Å². The maximum absolute atomic E-state index is 15.6. The SMILES string of the molecule is COc1ccc2ncc(Cl)c([C@@H](F)CCC3(C(=O)O)CCN(CCCc4cccc(F)c4F)CC3)c2c1. The number of piperidine rings is 1. The van der Waals surface area contributed by atoms with Gasteiger partial charge in [-0.1, -0.05) is 23.7 Å². The molecule has 3 aromatic rings. The third-order valence-corrected chi connectivity index (χ3v) is 7.78. The van der Waals surface area contributed by atoms with Crippen LogP contribution in [0.4, 0.5) is 13.2 Å². The first kappa shape index (κ1) is 27.2. The number of fused-ring (bicyclic) bond motifs is 1. The van der Waals surface area contributed by atoms with Crippen molar-refractivity contribution in [2.24, 2.45) is 5.41 Å². The van der Waals surface area contributed by atoms with Crippen LogP contribution in [0, 0.1) is 17.0 Å². The summed E-state index contributed by atoms with van der Waals surface area (Å²) in [5.74, 6) is -2.03. The first-order valence-electron chi connectivity index (χ1n) is 12.4. The second kappa shape index (κ2) is 11.7. The standard InChI is InChI=1S/C28H30ClF3N2O3/c1-37-19-7-8-24-20(16-19)25(21(29)17-33-24)22(30)9-10-28(27(35)36)11-14-34(15-12-28)13-3-5-18-4-2-6-23(31)26(18)32/h2,4,6-8,16-17,22H,3,5,9-15H2,1H3,(H,35,36)/t22-/m0/s1. The van der Waals surface area contributed by atoms with Crippen molar-refractivity contribution < 1.29 is 27.8 Å². The number of nitrogens with zero attached hydrogens (tertiary/aromatic N) is 2. The molecular formula is C28H30ClF3N2O3. The number of hydrogen-bond donors (Lipinski definition) is 1. The van der Waals surface area contributed by atoms with Crippen LogP contribution in [-0.2, 0) is 11.2 Å². The second-order valence-corrected chi connectivity index (χ2v) is 10.1. The Morgan fingerprint density at radius 3 is 2.70 bits per heavy atom. The lowest BCUT2D eigenvalue weighted by molar-refractivity contribution is -0.153. The molecule has 1 aliphatic rings. The van der Waals surface area contributed by atoms with Crippen molar-refractivity contribution in [3.8, 4) is 5.75 Å². The molecular weight excluding hydrogens is 505 g/mol. The van der Waals surface area contributed by atoms with Crippen LogP contribution < -0.4 is 4.74 Å². The van der Waals surface area contributed by atoms with Crippen LogP contribution in [-0.4, -0.2) is 47.7 Å². The minimum atomic E-state index is -1.46. The molecule has 2 heterocycles. The number of aromatic nitrogens is 1. The molecule has 0 unspecified atom stereocenters. The Labute approximate surface area is 219 Å². The van der Waals surface area contributed by atoms with Crippen molar-refractivity contribution in [2.45, 2.75) is 44.7 Å². The number of ether oxygens (including phenoxy) is 1. The van der Waals surface area contributed by atoms with Gasteiger partial charge >= 0.3 is 5.97 Å². The molecule has 0 radical (unpaired) electrons. The van der Waals surface area contributed by atoms with Crippen molar-refractivity contribution in [1.29, 1.82) is 0 Å². The Morgan fingerprint density at radius 2 is 2.00 bits per heavy atom. The van der Waals surface area contributed by atoms with Gasteiger partial charge < -0.3 is 14.7 Å². The molecule has 2 aromatic carbocycles. The molecule has 1 aromatic heterocycles. The molecule has 0 saturated carbocycles. The number of carboxylic acid groups (broad SMARTS) is 1.